The lowest BCUT2D eigenvalue weighted by Crippen LogP contribution is -2.22. The maximum atomic E-state index is 6.00. The molecule has 3 aromatic rings. The SMILES string of the molecule is CCc1ccc(NC(N)=NCc2nc3cc(OC)ccc3n2C)cc1.I. The summed E-state index contributed by atoms with van der Waals surface area (Å²) >= 11 is 0. The van der Waals surface area contributed by atoms with Gasteiger partial charge in [0.1, 0.15) is 18.1 Å². The molecule has 7 heteroatoms. The number of nitrogens with two attached hydrogens (primary N) is 1. The van der Waals surface area contributed by atoms with Gasteiger partial charge in [-0.3, -0.25) is 0 Å². The summed E-state index contributed by atoms with van der Waals surface area (Å²) in [5.41, 5.74) is 10.1. The number of nitrogens with zero attached hydrogens (tertiary/aromatic N) is 3. The molecule has 1 heterocycles. The molecule has 138 valence electrons. The van der Waals surface area contributed by atoms with Gasteiger partial charge in [-0.1, -0.05) is 19.1 Å². The Morgan fingerprint density at radius 3 is 2.62 bits per heavy atom. The van der Waals surface area contributed by atoms with Crippen molar-refractivity contribution in [3.8, 4) is 5.75 Å². The minimum absolute atomic E-state index is 0. The molecule has 0 aliphatic rings. The first kappa shape index (κ1) is 20.0. The summed E-state index contributed by atoms with van der Waals surface area (Å²) in [4.78, 5) is 9.01. The Balaban J connectivity index is 0.00000243. The molecular weight excluding hydrogens is 441 g/mol. The molecule has 26 heavy (non-hydrogen) atoms. The zero-order chi connectivity index (χ0) is 17.8. The molecule has 6 nitrogen and oxygen atoms in total. The van der Waals surface area contributed by atoms with Gasteiger partial charge in [0.05, 0.1) is 18.1 Å². The van der Waals surface area contributed by atoms with E-state index in [0.717, 1.165) is 34.7 Å². The average Bonchev–Trinajstić information content (AvgIpc) is 2.96. The van der Waals surface area contributed by atoms with E-state index in [1.54, 1.807) is 7.11 Å². The van der Waals surface area contributed by atoms with Crippen LogP contribution < -0.4 is 15.8 Å². The number of halogens is 1. The van der Waals surface area contributed by atoms with Gasteiger partial charge in [-0.05, 0) is 36.2 Å². The molecule has 0 fully saturated rings. The highest BCUT2D eigenvalue weighted by molar-refractivity contribution is 14.0. The lowest BCUT2D eigenvalue weighted by atomic mass is 10.1. The van der Waals surface area contributed by atoms with Crippen molar-refractivity contribution in [2.24, 2.45) is 17.8 Å². The fourth-order valence-electron chi connectivity index (χ4n) is 2.66. The Bertz CT molecular complexity index is 902. The van der Waals surface area contributed by atoms with Gasteiger partial charge in [0.2, 0.25) is 0 Å². The first-order valence-corrected chi connectivity index (χ1v) is 8.26. The van der Waals surface area contributed by atoms with Crippen molar-refractivity contribution in [2.75, 3.05) is 12.4 Å². The zero-order valence-corrected chi connectivity index (χ0v) is 17.5. The van der Waals surface area contributed by atoms with Crippen LogP contribution in [0.5, 0.6) is 5.75 Å². The predicted octanol–water partition coefficient (Wildman–Crippen LogP) is 3.69. The molecule has 0 amide bonds. The second-order valence-corrected chi connectivity index (χ2v) is 5.82. The predicted molar refractivity (Wildman–Crippen MR) is 117 cm³/mol. The van der Waals surface area contributed by atoms with Crippen LogP contribution in [-0.2, 0) is 20.0 Å². The number of aryl methyl sites for hydroxylation is 2. The number of fused-ring (bicyclic) bond motifs is 1. The smallest absolute Gasteiger partial charge is 0.193 e. The van der Waals surface area contributed by atoms with E-state index in [9.17, 15) is 0 Å². The second kappa shape index (κ2) is 8.88. The van der Waals surface area contributed by atoms with E-state index in [4.69, 9.17) is 10.5 Å². The molecule has 2 aromatic carbocycles. The minimum atomic E-state index is 0. The molecule has 0 spiro atoms. The van der Waals surface area contributed by atoms with Gasteiger partial charge in [0.15, 0.2) is 5.96 Å². The molecule has 0 saturated heterocycles. The van der Waals surface area contributed by atoms with Crippen molar-refractivity contribution in [1.29, 1.82) is 0 Å². The summed E-state index contributed by atoms with van der Waals surface area (Å²) in [7, 11) is 3.62. The van der Waals surface area contributed by atoms with Crippen LogP contribution >= 0.6 is 24.0 Å². The number of anilines is 1. The normalized spacial score (nSPS) is 11.3. The lowest BCUT2D eigenvalue weighted by Gasteiger charge is -2.06. The minimum Gasteiger partial charge on any atom is -0.497 e. The van der Waals surface area contributed by atoms with Crippen LogP contribution in [0.1, 0.15) is 18.3 Å². The third-order valence-corrected chi connectivity index (χ3v) is 4.21. The number of hydrogen-bond donors (Lipinski definition) is 2. The number of aromatic nitrogens is 2. The topological polar surface area (TPSA) is 77.5 Å². The number of hydrogen-bond acceptors (Lipinski definition) is 3. The highest BCUT2D eigenvalue weighted by Gasteiger charge is 2.08. The molecular formula is C19H24IN5O. The summed E-state index contributed by atoms with van der Waals surface area (Å²) in [6.07, 6.45) is 1.02. The summed E-state index contributed by atoms with van der Waals surface area (Å²) in [5.74, 6) is 2.00. The van der Waals surface area contributed by atoms with Gasteiger partial charge in [-0.2, -0.15) is 0 Å². The van der Waals surface area contributed by atoms with Crippen LogP contribution in [0.4, 0.5) is 5.69 Å². The molecule has 3 rings (SSSR count). The van der Waals surface area contributed by atoms with E-state index >= 15 is 0 Å². The number of benzene rings is 2. The van der Waals surface area contributed by atoms with Gasteiger partial charge < -0.3 is 20.4 Å². The van der Waals surface area contributed by atoms with Crippen molar-refractivity contribution in [1.82, 2.24) is 9.55 Å². The molecule has 0 unspecified atom stereocenters. The van der Waals surface area contributed by atoms with Gasteiger partial charge in [-0.15, -0.1) is 24.0 Å². The van der Waals surface area contributed by atoms with Crippen LogP contribution in [0.2, 0.25) is 0 Å². The summed E-state index contributed by atoms with van der Waals surface area (Å²) in [6.45, 7) is 2.53. The summed E-state index contributed by atoms with van der Waals surface area (Å²) in [5, 5.41) is 3.11. The van der Waals surface area contributed by atoms with Crippen LogP contribution in [0.25, 0.3) is 11.0 Å². The van der Waals surface area contributed by atoms with Crippen molar-refractivity contribution in [3.63, 3.8) is 0 Å². The Labute approximate surface area is 170 Å². The van der Waals surface area contributed by atoms with E-state index in [1.807, 2.05) is 41.9 Å². The molecule has 0 radical (unpaired) electrons. The first-order chi connectivity index (χ1) is 12.1. The molecule has 0 aliphatic carbocycles. The number of nitrogens with one attached hydrogen (secondary N) is 1. The third kappa shape index (κ3) is 4.46. The number of rotatable bonds is 5. The van der Waals surface area contributed by atoms with Crippen molar-refractivity contribution in [3.05, 3.63) is 53.9 Å². The summed E-state index contributed by atoms with van der Waals surface area (Å²) in [6, 6.07) is 14.0. The number of guanidine groups is 1. The van der Waals surface area contributed by atoms with Crippen molar-refractivity contribution < 1.29 is 4.74 Å². The van der Waals surface area contributed by atoms with Gasteiger partial charge in [0, 0.05) is 18.8 Å². The number of methoxy groups -OCH3 is 1. The van der Waals surface area contributed by atoms with Crippen LogP contribution in [0.3, 0.4) is 0 Å². The largest absolute Gasteiger partial charge is 0.497 e. The van der Waals surface area contributed by atoms with E-state index in [2.05, 4.69) is 34.3 Å². The van der Waals surface area contributed by atoms with Crippen LogP contribution in [0.15, 0.2) is 47.5 Å². The van der Waals surface area contributed by atoms with Crippen molar-refractivity contribution in [2.45, 2.75) is 19.9 Å². The Hall–Kier alpha value is -2.29. The van der Waals surface area contributed by atoms with E-state index < -0.39 is 0 Å². The third-order valence-electron chi connectivity index (χ3n) is 4.21. The van der Waals surface area contributed by atoms with Crippen LogP contribution in [-0.4, -0.2) is 22.6 Å². The van der Waals surface area contributed by atoms with Gasteiger partial charge in [-0.25, -0.2) is 9.98 Å². The van der Waals surface area contributed by atoms with E-state index in [1.165, 1.54) is 5.56 Å². The summed E-state index contributed by atoms with van der Waals surface area (Å²) < 4.78 is 7.26. The second-order valence-electron chi connectivity index (χ2n) is 5.82. The Kier molecular flexibility index (Phi) is 6.84. The molecule has 1 aromatic heterocycles. The molecule has 0 saturated carbocycles. The molecule has 3 N–H and O–H groups in total. The number of ether oxygens (including phenoxy) is 1. The van der Waals surface area contributed by atoms with Crippen LogP contribution in [0, 0.1) is 0 Å². The van der Waals surface area contributed by atoms with E-state index in [-0.39, 0.29) is 24.0 Å². The highest BCUT2D eigenvalue weighted by Crippen LogP contribution is 2.21. The highest BCUT2D eigenvalue weighted by atomic mass is 127. The standard InChI is InChI=1S/C19H23N5O.HI/c1-4-13-5-7-14(8-6-13)22-19(20)21-12-18-23-16-11-15(25-3)9-10-17(16)24(18)2;/h5-11H,4,12H2,1-3H3,(H3,20,21,22);1H. The maximum absolute atomic E-state index is 6.00. The maximum Gasteiger partial charge on any atom is 0.193 e. The zero-order valence-electron chi connectivity index (χ0n) is 15.2. The lowest BCUT2D eigenvalue weighted by molar-refractivity contribution is 0.415. The average molecular weight is 465 g/mol. The van der Waals surface area contributed by atoms with E-state index in [0.29, 0.717) is 12.5 Å². The van der Waals surface area contributed by atoms with Crippen molar-refractivity contribution >= 4 is 46.7 Å². The first-order valence-electron chi connectivity index (χ1n) is 8.26. The molecule has 0 aliphatic heterocycles. The molecule has 0 atom stereocenters. The van der Waals surface area contributed by atoms with Gasteiger partial charge >= 0.3 is 0 Å². The number of aliphatic imine (C=N–C) groups is 1. The molecule has 0 bridgehead atoms. The fourth-order valence-corrected chi connectivity index (χ4v) is 2.66. The quantitative estimate of drug-likeness (QED) is 0.343. The van der Waals surface area contributed by atoms with Gasteiger partial charge in [0.25, 0.3) is 0 Å². The monoisotopic (exact) mass is 465 g/mol. The Morgan fingerprint density at radius 2 is 1.96 bits per heavy atom. The Morgan fingerprint density at radius 1 is 1.23 bits per heavy atom. The number of imidazole rings is 1. The fraction of sp³-hybridized carbons (Fsp3) is 0.263.